The number of nitrogens with zero attached hydrogens (tertiary/aromatic N) is 2. The molecule has 0 N–H and O–H groups in total. The van der Waals surface area contributed by atoms with Crippen LogP contribution in [0.25, 0.3) is 0 Å². The highest BCUT2D eigenvalue weighted by atomic mass is 16.6. The van der Waals surface area contributed by atoms with Crippen molar-refractivity contribution in [3.63, 3.8) is 0 Å². The summed E-state index contributed by atoms with van der Waals surface area (Å²) in [5, 5.41) is 15.6. The van der Waals surface area contributed by atoms with E-state index in [1.54, 1.807) is 30.3 Å². The molecule has 0 bridgehead atoms. The highest BCUT2D eigenvalue weighted by Crippen LogP contribution is 2.21. The van der Waals surface area contributed by atoms with E-state index in [0.717, 1.165) is 0 Å². The summed E-state index contributed by atoms with van der Waals surface area (Å²) < 4.78 is 10.9. The van der Waals surface area contributed by atoms with Crippen LogP contribution >= 0.6 is 0 Å². The van der Waals surface area contributed by atoms with Gasteiger partial charge in [0, 0.05) is 6.07 Å². The van der Waals surface area contributed by atoms with Gasteiger partial charge in [0.2, 0.25) is 0 Å². The molecule has 0 amide bonds. The molecule has 104 valence electrons. The molecule has 0 fully saturated rings. The largest absolute Gasteiger partial charge is 0.591 e. The van der Waals surface area contributed by atoms with Crippen molar-refractivity contribution < 1.29 is 14.3 Å². The van der Waals surface area contributed by atoms with E-state index in [2.05, 4.69) is 5.10 Å². The normalized spacial score (nSPS) is 10.1. The molecule has 3 aromatic rings. The van der Waals surface area contributed by atoms with Crippen molar-refractivity contribution in [2.75, 3.05) is 0 Å². The third-order valence-electron chi connectivity index (χ3n) is 2.68. The van der Waals surface area contributed by atoms with E-state index in [0.29, 0.717) is 16.3 Å². The smallest absolute Gasteiger partial charge is 0.411 e. The van der Waals surface area contributed by atoms with E-state index in [9.17, 15) is 5.21 Å². The number of para-hydroxylation sites is 2. The van der Waals surface area contributed by atoms with E-state index in [-0.39, 0.29) is 11.8 Å². The Kier molecular flexibility index (Phi) is 3.64. The first kappa shape index (κ1) is 12.9. The predicted octanol–water partition coefficient (Wildman–Crippen LogP) is 3.30. The molecule has 0 aliphatic heterocycles. The number of hydrogen-bond donors (Lipinski definition) is 0. The molecular formula is C16H12N2O3. The number of benzene rings is 2. The van der Waals surface area contributed by atoms with Crippen molar-refractivity contribution in [1.29, 1.82) is 0 Å². The molecule has 0 radical (unpaired) electrons. The highest BCUT2D eigenvalue weighted by Gasteiger charge is 2.12. The molecule has 5 nitrogen and oxygen atoms in total. The monoisotopic (exact) mass is 280 g/mol. The van der Waals surface area contributed by atoms with Gasteiger partial charge in [-0.05, 0) is 29.1 Å². The Morgan fingerprint density at radius 2 is 1.29 bits per heavy atom. The summed E-state index contributed by atoms with van der Waals surface area (Å²) >= 11 is 0. The van der Waals surface area contributed by atoms with Crippen LogP contribution < -0.4 is 14.3 Å². The maximum atomic E-state index is 11.8. The quantitative estimate of drug-likeness (QED) is 0.543. The van der Waals surface area contributed by atoms with Crippen LogP contribution in [0.15, 0.2) is 72.8 Å². The van der Waals surface area contributed by atoms with Crippen LogP contribution in [0, 0.1) is 5.21 Å². The first-order chi connectivity index (χ1) is 10.3. The fraction of sp³-hybridized carbons (Fsp3) is 0. The molecule has 21 heavy (non-hydrogen) atoms. The topological polar surface area (TPSA) is 58.3 Å². The SMILES string of the molecule is [O-][n+]1nc(Oc2ccccc2)ccc1Oc1ccccc1. The van der Waals surface area contributed by atoms with Gasteiger partial charge < -0.3 is 14.7 Å². The lowest BCUT2D eigenvalue weighted by atomic mass is 10.3. The minimum Gasteiger partial charge on any atom is -0.591 e. The highest BCUT2D eigenvalue weighted by molar-refractivity contribution is 5.28. The second-order valence-electron chi connectivity index (χ2n) is 4.21. The van der Waals surface area contributed by atoms with E-state index in [1.807, 2.05) is 36.4 Å². The molecule has 1 heterocycles. The van der Waals surface area contributed by atoms with Crippen molar-refractivity contribution >= 4 is 0 Å². The Hall–Kier alpha value is -3.08. The zero-order chi connectivity index (χ0) is 14.5. The number of rotatable bonds is 4. The first-order valence-electron chi connectivity index (χ1n) is 6.38. The third-order valence-corrected chi connectivity index (χ3v) is 2.68. The number of aromatic nitrogens is 2. The van der Waals surface area contributed by atoms with Crippen LogP contribution in [0.5, 0.6) is 23.3 Å². The minimum atomic E-state index is 0.0848. The van der Waals surface area contributed by atoms with Crippen LogP contribution in [0.2, 0.25) is 0 Å². The fourth-order valence-electron chi connectivity index (χ4n) is 1.72. The number of ether oxygens (including phenoxy) is 2. The van der Waals surface area contributed by atoms with Gasteiger partial charge in [0.25, 0.3) is 5.88 Å². The Morgan fingerprint density at radius 1 is 0.714 bits per heavy atom. The van der Waals surface area contributed by atoms with Crippen molar-refractivity contribution in [3.8, 4) is 23.3 Å². The Morgan fingerprint density at radius 3 is 1.86 bits per heavy atom. The van der Waals surface area contributed by atoms with Gasteiger partial charge in [0.15, 0.2) is 0 Å². The summed E-state index contributed by atoms with van der Waals surface area (Å²) in [7, 11) is 0. The summed E-state index contributed by atoms with van der Waals surface area (Å²) in [6.07, 6.45) is 0. The van der Waals surface area contributed by atoms with E-state index < -0.39 is 0 Å². The van der Waals surface area contributed by atoms with Gasteiger partial charge in [-0.1, -0.05) is 36.4 Å². The van der Waals surface area contributed by atoms with Gasteiger partial charge in [-0.25, -0.2) is 0 Å². The lowest BCUT2D eigenvalue weighted by molar-refractivity contribution is -0.674. The Bertz CT molecular complexity index is 718. The van der Waals surface area contributed by atoms with Gasteiger partial charge >= 0.3 is 5.88 Å². The molecule has 0 saturated heterocycles. The zero-order valence-electron chi connectivity index (χ0n) is 11.0. The second kappa shape index (κ2) is 5.92. The van der Waals surface area contributed by atoms with E-state index in [1.165, 1.54) is 6.07 Å². The molecule has 1 aromatic heterocycles. The molecule has 0 spiro atoms. The first-order valence-corrected chi connectivity index (χ1v) is 6.38. The van der Waals surface area contributed by atoms with Crippen LogP contribution in [-0.4, -0.2) is 5.10 Å². The Balaban J connectivity index is 1.77. The van der Waals surface area contributed by atoms with Crippen molar-refractivity contribution in [1.82, 2.24) is 5.10 Å². The van der Waals surface area contributed by atoms with Crippen LogP contribution in [0.4, 0.5) is 0 Å². The zero-order valence-corrected chi connectivity index (χ0v) is 11.0. The molecule has 3 rings (SSSR count). The lowest BCUT2D eigenvalue weighted by Crippen LogP contribution is -2.32. The lowest BCUT2D eigenvalue weighted by Gasteiger charge is -2.06. The summed E-state index contributed by atoms with van der Waals surface area (Å²) in [6, 6.07) is 21.3. The average molecular weight is 280 g/mol. The van der Waals surface area contributed by atoms with Gasteiger partial charge in [-0.3, -0.25) is 0 Å². The molecular weight excluding hydrogens is 268 g/mol. The van der Waals surface area contributed by atoms with Crippen molar-refractivity contribution in [2.24, 2.45) is 0 Å². The summed E-state index contributed by atoms with van der Waals surface area (Å²) in [5.74, 6) is 1.47. The van der Waals surface area contributed by atoms with Gasteiger partial charge in [0.05, 0.1) is 11.2 Å². The van der Waals surface area contributed by atoms with Crippen molar-refractivity contribution in [3.05, 3.63) is 78.0 Å². The molecule has 0 aliphatic rings. The van der Waals surface area contributed by atoms with E-state index >= 15 is 0 Å². The van der Waals surface area contributed by atoms with Gasteiger partial charge in [-0.15, -0.1) is 0 Å². The Labute approximate surface area is 121 Å². The van der Waals surface area contributed by atoms with Gasteiger partial charge in [0.1, 0.15) is 11.5 Å². The van der Waals surface area contributed by atoms with Crippen LogP contribution in [-0.2, 0) is 0 Å². The third kappa shape index (κ3) is 3.27. The average Bonchev–Trinajstić information content (AvgIpc) is 2.52. The maximum absolute atomic E-state index is 11.8. The van der Waals surface area contributed by atoms with Gasteiger partial charge in [-0.2, -0.15) is 0 Å². The van der Waals surface area contributed by atoms with Crippen LogP contribution in [0.3, 0.4) is 0 Å². The van der Waals surface area contributed by atoms with Crippen molar-refractivity contribution in [2.45, 2.75) is 0 Å². The minimum absolute atomic E-state index is 0.0848. The standard InChI is InChI=1S/C16H12N2O3/c19-18-16(21-14-9-5-2-6-10-14)12-11-15(17-18)20-13-7-3-1-4-8-13/h1-12H. The molecule has 5 heteroatoms. The summed E-state index contributed by atoms with van der Waals surface area (Å²) in [5.41, 5.74) is 0. The summed E-state index contributed by atoms with van der Waals surface area (Å²) in [4.78, 5) is 0.394. The molecule has 0 atom stereocenters. The number of hydrogen-bond acceptors (Lipinski definition) is 4. The molecule has 0 unspecified atom stereocenters. The molecule has 2 aromatic carbocycles. The maximum Gasteiger partial charge on any atom is 0.411 e. The summed E-state index contributed by atoms with van der Waals surface area (Å²) in [6.45, 7) is 0. The van der Waals surface area contributed by atoms with Crippen LogP contribution in [0.1, 0.15) is 0 Å². The molecule has 0 aliphatic carbocycles. The second-order valence-corrected chi connectivity index (χ2v) is 4.21. The van der Waals surface area contributed by atoms with E-state index in [4.69, 9.17) is 9.47 Å². The fourth-order valence-corrected chi connectivity index (χ4v) is 1.72. The predicted molar refractivity (Wildman–Crippen MR) is 76.2 cm³/mol. The molecule has 0 saturated carbocycles.